The normalized spacial score (nSPS) is 21.3. The van der Waals surface area contributed by atoms with Crippen LogP contribution in [0.15, 0.2) is 34.5 Å². The number of allylic oxidation sites excluding steroid dienone is 1. The molecule has 1 fully saturated rings. The van der Waals surface area contributed by atoms with Crippen molar-refractivity contribution in [3.05, 3.63) is 35.0 Å². The number of fused-ring (bicyclic) bond motifs is 1. The summed E-state index contributed by atoms with van der Waals surface area (Å²) >= 11 is 2.23. The highest BCUT2D eigenvalue weighted by Gasteiger charge is 2.54. The second kappa shape index (κ2) is 8.80. The van der Waals surface area contributed by atoms with Gasteiger partial charge in [-0.2, -0.15) is 0 Å². The van der Waals surface area contributed by atoms with Crippen LogP contribution in [0.3, 0.4) is 0 Å². The fraction of sp³-hybridized carbons (Fsp3) is 0.267. The highest BCUT2D eigenvalue weighted by molar-refractivity contribution is 8.00. The van der Waals surface area contributed by atoms with Crippen LogP contribution >= 0.6 is 30.7 Å². The summed E-state index contributed by atoms with van der Waals surface area (Å²) in [5.74, 6) is -2.56. The molecule has 0 bridgehead atoms. The van der Waals surface area contributed by atoms with Gasteiger partial charge in [-0.05, 0) is 5.57 Å². The van der Waals surface area contributed by atoms with E-state index in [9.17, 15) is 24.1 Å². The highest BCUT2D eigenvalue weighted by atomic mass is 32.2. The summed E-state index contributed by atoms with van der Waals surface area (Å²) in [5, 5.41) is 16.1. The molecule has 1 aromatic rings. The van der Waals surface area contributed by atoms with Crippen LogP contribution < -0.4 is 11.1 Å². The van der Waals surface area contributed by atoms with Gasteiger partial charge in [0.05, 0.1) is 0 Å². The van der Waals surface area contributed by atoms with Gasteiger partial charge in [0.1, 0.15) is 22.8 Å². The zero-order chi connectivity index (χ0) is 22.9. The SMILES string of the molecule is C=CC1=C(C(=O)O)N2C(=O)C(NC(=O)/C(=N/OCP(=O)(O)O)c3csc(N)n3)C2SC1. The smallest absolute Gasteiger partial charge is 0.365 e. The fourth-order valence-electron chi connectivity index (χ4n) is 2.78. The van der Waals surface area contributed by atoms with Gasteiger partial charge in [-0.25, -0.2) is 9.78 Å². The van der Waals surface area contributed by atoms with Gasteiger partial charge >= 0.3 is 13.6 Å². The number of thioether (sulfide) groups is 1. The minimum Gasteiger partial charge on any atom is -0.477 e. The van der Waals surface area contributed by atoms with Crippen molar-refractivity contribution in [2.75, 3.05) is 17.8 Å². The van der Waals surface area contributed by atoms with Crippen LogP contribution in [0.2, 0.25) is 0 Å². The number of carboxylic acids is 1. The van der Waals surface area contributed by atoms with Gasteiger partial charge in [-0.3, -0.25) is 19.1 Å². The summed E-state index contributed by atoms with van der Waals surface area (Å²) in [6, 6.07) is -1.05. The maximum atomic E-state index is 12.8. The minimum absolute atomic E-state index is 0.0225. The van der Waals surface area contributed by atoms with Crippen LogP contribution in [-0.4, -0.2) is 71.8 Å². The number of anilines is 1. The summed E-state index contributed by atoms with van der Waals surface area (Å²) in [7, 11) is -4.55. The van der Waals surface area contributed by atoms with E-state index in [-0.39, 0.29) is 22.3 Å². The largest absolute Gasteiger partial charge is 0.477 e. The third-order valence-electron chi connectivity index (χ3n) is 4.09. The molecule has 2 atom stereocenters. The van der Waals surface area contributed by atoms with Gasteiger partial charge in [0.15, 0.2) is 10.8 Å². The van der Waals surface area contributed by atoms with E-state index in [2.05, 4.69) is 26.9 Å². The molecule has 1 aromatic heterocycles. The molecule has 0 radical (unpaired) electrons. The van der Waals surface area contributed by atoms with Crippen molar-refractivity contribution in [1.82, 2.24) is 15.2 Å². The first-order valence-corrected chi connectivity index (χ1v) is 12.1. The van der Waals surface area contributed by atoms with E-state index in [0.717, 1.165) is 16.2 Å². The molecule has 16 heteroatoms. The van der Waals surface area contributed by atoms with Crippen molar-refractivity contribution in [3.8, 4) is 0 Å². The van der Waals surface area contributed by atoms with Gasteiger partial charge in [0.25, 0.3) is 11.8 Å². The average Bonchev–Trinajstić information content (AvgIpc) is 3.12. The molecule has 3 heterocycles. The van der Waals surface area contributed by atoms with Crippen molar-refractivity contribution in [1.29, 1.82) is 0 Å². The number of carboxylic acid groups (broad SMARTS) is 1. The summed E-state index contributed by atoms with van der Waals surface area (Å²) in [6.07, 6.45) is 0.288. The number of nitrogens with two attached hydrogens (primary N) is 1. The highest BCUT2D eigenvalue weighted by Crippen LogP contribution is 2.40. The molecule has 31 heavy (non-hydrogen) atoms. The number of aromatic nitrogens is 1. The van der Waals surface area contributed by atoms with Crippen LogP contribution in [0.5, 0.6) is 0 Å². The quantitative estimate of drug-likeness (QED) is 0.136. The van der Waals surface area contributed by atoms with Gasteiger partial charge in [0, 0.05) is 11.1 Å². The third-order valence-corrected chi connectivity index (χ3v) is 6.52. The van der Waals surface area contributed by atoms with E-state index in [1.54, 1.807) is 0 Å². The van der Waals surface area contributed by atoms with Crippen molar-refractivity contribution in [2.24, 2.45) is 5.16 Å². The Balaban J connectivity index is 1.80. The zero-order valence-corrected chi connectivity index (χ0v) is 18.0. The Labute approximate surface area is 182 Å². The number of rotatable bonds is 8. The first-order valence-electron chi connectivity index (χ1n) is 8.33. The number of carbonyl (C=O) groups excluding carboxylic acids is 2. The average molecular weight is 489 g/mol. The van der Waals surface area contributed by atoms with Gasteiger partial charge in [0.2, 0.25) is 6.35 Å². The monoisotopic (exact) mass is 489 g/mol. The molecule has 0 aromatic carbocycles. The van der Waals surface area contributed by atoms with E-state index in [1.807, 2.05) is 0 Å². The lowest BCUT2D eigenvalue weighted by molar-refractivity contribution is -0.150. The van der Waals surface area contributed by atoms with Crippen molar-refractivity contribution >= 4 is 59.3 Å². The minimum atomic E-state index is -4.55. The Morgan fingerprint density at radius 2 is 2.23 bits per heavy atom. The molecule has 1 saturated heterocycles. The summed E-state index contributed by atoms with van der Waals surface area (Å²) in [5.41, 5.74) is 5.28. The number of aliphatic carboxylic acids is 1. The van der Waals surface area contributed by atoms with Crippen LogP contribution in [0, 0.1) is 0 Å². The van der Waals surface area contributed by atoms with Crippen molar-refractivity contribution < 1.29 is 38.7 Å². The molecule has 6 N–H and O–H groups in total. The standard InChI is InChI=1S/C15H16N5O8PS2/c1-2-6-3-30-13-9(12(22)20(13)10(6)14(23)24)18-11(21)8(7-4-31-15(16)17-7)19-28-5-29(25,26)27/h2,4,9,13H,1,3,5H2,(H2,16,17)(H,18,21)(H,23,24)(H2,25,26,27)/b19-8+. The predicted molar refractivity (Wildman–Crippen MR) is 111 cm³/mol. The zero-order valence-electron chi connectivity index (χ0n) is 15.5. The van der Waals surface area contributed by atoms with Crippen LogP contribution in [-0.2, 0) is 23.8 Å². The number of hydrogen-bond acceptors (Lipinski definition) is 10. The third kappa shape index (κ3) is 4.80. The number of thiazole rings is 1. The molecule has 166 valence electrons. The van der Waals surface area contributed by atoms with Crippen LogP contribution in [0.1, 0.15) is 5.69 Å². The molecular formula is C15H16N5O8PS2. The Morgan fingerprint density at radius 1 is 1.52 bits per heavy atom. The number of carbonyl (C=O) groups is 3. The number of nitrogens with zero attached hydrogens (tertiary/aromatic N) is 3. The maximum Gasteiger partial charge on any atom is 0.365 e. The van der Waals surface area contributed by atoms with Crippen molar-refractivity contribution in [3.63, 3.8) is 0 Å². The number of oxime groups is 1. The van der Waals surface area contributed by atoms with Crippen LogP contribution in [0.4, 0.5) is 5.13 Å². The van der Waals surface area contributed by atoms with Crippen LogP contribution in [0.25, 0.3) is 0 Å². The first-order chi connectivity index (χ1) is 14.5. The second-order valence-corrected chi connectivity index (χ2v) is 9.76. The molecule has 0 aliphatic carbocycles. The molecule has 2 unspecified atom stereocenters. The second-order valence-electron chi connectivity index (χ2n) is 6.18. The van der Waals surface area contributed by atoms with E-state index < -0.39 is 48.9 Å². The molecule has 2 amide bonds. The maximum absolute atomic E-state index is 12.8. The van der Waals surface area contributed by atoms with Crippen molar-refractivity contribution in [2.45, 2.75) is 11.4 Å². The lowest BCUT2D eigenvalue weighted by Gasteiger charge is -2.49. The molecule has 3 rings (SSSR count). The fourth-order valence-corrected chi connectivity index (χ4v) is 4.87. The number of amides is 2. The number of hydrogen-bond donors (Lipinski definition) is 5. The number of β-lactam (4-membered cyclic amide) rings is 1. The molecule has 2 aliphatic rings. The first kappa shape index (κ1) is 23.0. The topological polar surface area (TPSA) is 205 Å². The number of nitrogen functional groups attached to an aromatic ring is 1. The Kier molecular flexibility index (Phi) is 6.52. The molecule has 13 nitrogen and oxygen atoms in total. The number of nitrogens with one attached hydrogen (secondary N) is 1. The van der Waals surface area contributed by atoms with E-state index in [4.69, 9.17) is 15.5 Å². The lowest BCUT2D eigenvalue weighted by Crippen LogP contribution is -2.71. The molecule has 2 aliphatic heterocycles. The Morgan fingerprint density at radius 3 is 2.77 bits per heavy atom. The molecule has 0 saturated carbocycles. The Hall–Kier alpha value is -2.71. The Bertz CT molecular complexity index is 1060. The van der Waals surface area contributed by atoms with E-state index in [0.29, 0.717) is 5.57 Å². The molecule has 0 spiro atoms. The summed E-state index contributed by atoms with van der Waals surface area (Å²) in [4.78, 5) is 64.2. The summed E-state index contributed by atoms with van der Waals surface area (Å²) < 4.78 is 10.9. The van der Waals surface area contributed by atoms with E-state index in [1.165, 1.54) is 23.2 Å². The predicted octanol–water partition coefficient (Wildman–Crippen LogP) is -0.494. The van der Waals surface area contributed by atoms with Gasteiger partial charge in [-0.15, -0.1) is 23.1 Å². The van der Waals surface area contributed by atoms with Gasteiger partial charge < -0.3 is 30.8 Å². The van der Waals surface area contributed by atoms with Gasteiger partial charge in [-0.1, -0.05) is 17.8 Å². The van der Waals surface area contributed by atoms with E-state index >= 15 is 0 Å². The molecular weight excluding hydrogens is 473 g/mol. The lowest BCUT2D eigenvalue weighted by atomic mass is 10.0. The summed E-state index contributed by atoms with van der Waals surface area (Å²) in [6.45, 7) is 3.55.